The number of hydrogen-bond acceptors (Lipinski definition) is 3. The molecule has 1 aromatic rings. The van der Waals surface area contributed by atoms with Gasteiger partial charge in [0.1, 0.15) is 5.75 Å². The summed E-state index contributed by atoms with van der Waals surface area (Å²) >= 11 is 0. The van der Waals surface area contributed by atoms with Crippen molar-refractivity contribution < 1.29 is 14.6 Å². The number of fused-ring (bicyclic) bond motifs is 1. The van der Waals surface area contributed by atoms with Crippen LogP contribution in [0.3, 0.4) is 0 Å². The highest BCUT2D eigenvalue weighted by Crippen LogP contribution is 2.38. The molecular weight excluding hydrogens is 254 g/mol. The fraction of sp³-hybridized carbons (Fsp3) is 0.562. The molecule has 0 aromatic heterocycles. The van der Waals surface area contributed by atoms with Crippen molar-refractivity contribution >= 4 is 11.6 Å². The van der Waals surface area contributed by atoms with Crippen molar-refractivity contribution in [2.75, 3.05) is 11.4 Å². The lowest BCUT2D eigenvalue weighted by atomic mass is 10.0. The van der Waals surface area contributed by atoms with E-state index in [4.69, 9.17) is 4.74 Å². The molecule has 0 saturated carbocycles. The van der Waals surface area contributed by atoms with Crippen molar-refractivity contribution in [1.82, 2.24) is 0 Å². The number of aliphatic hydroxyl groups excluding tert-OH is 1. The van der Waals surface area contributed by atoms with Gasteiger partial charge in [-0.3, -0.25) is 4.79 Å². The number of nitrogens with zero attached hydrogens (tertiary/aromatic N) is 1. The Morgan fingerprint density at radius 3 is 2.65 bits per heavy atom. The molecule has 4 nitrogen and oxygen atoms in total. The summed E-state index contributed by atoms with van der Waals surface area (Å²) in [6.45, 7) is 8.50. The number of rotatable bonds is 4. The van der Waals surface area contributed by atoms with Crippen LogP contribution in [0.4, 0.5) is 5.69 Å². The van der Waals surface area contributed by atoms with E-state index in [1.807, 2.05) is 18.2 Å². The molecule has 20 heavy (non-hydrogen) atoms. The Morgan fingerprint density at radius 2 is 2.05 bits per heavy atom. The maximum atomic E-state index is 12.6. The van der Waals surface area contributed by atoms with Crippen LogP contribution in [0.1, 0.15) is 39.7 Å². The molecule has 0 fully saturated rings. The number of carbonyl (C=O) groups excluding carboxylic acids is 1. The van der Waals surface area contributed by atoms with Crippen LogP contribution in [-0.2, 0) is 11.4 Å². The van der Waals surface area contributed by atoms with Gasteiger partial charge >= 0.3 is 0 Å². The molecule has 4 heteroatoms. The predicted octanol–water partition coefficient (Wildman–Crippen LogP) is 2.73. The summed E-state index contributed by atoms with van der Waals surface area (Å²) in [6.07, 6.45) is 0.935. The molecule has 1 aromatic carbocycles. The molecule has 1 N–H and O–H groups in total. The van der Waals surface area contributed by atoms with Crippen molar-refractivity contribution in [2.45, 2.75) is 46.3 Å². The van der Waals surface area contributed by atoms with Gasteiger partial charge in [0.05, 0.1) is 12.3 Å². The van der Waals surface area contributed by atoms with Gasteiger partial charge < -0.3 is 14.7 Å². The van der Waals surface area contributed by atoms with Gasteiger partial charge in [-0.25, -0.2) is 0 Å². The van der Waals surface area contributed by atoms with Crippen LogP contribution in [0.2, 0.25) is 0 Å². The lowest BCUT2D eigenvalue weighted by Gasteiger charge is -2.39. The van der Waals surface area contributed by atoms with E-state index in [1.54, 1.807) is 18.7 Å². The third-order valence-electron chi connectivity index (χ3n) is 3.55. The van der Waals surface area contributed by atoms with E-state index >= 15 is 0 Å². The number of hydrogen-bond donors (Lipinski definition) is 1. The average Bonchev–Trinajstić information content (AvgIpc) is 2.38. The molecule has 110 valence electrons. The largest absolute Gasteiger partial charge is 0.476 e. The van der Waals surface area contributed by atoms with Crippen LogP contribution >= 0.6 is 0 Å². The number of ether oxygens (including phenoxy) is 1. The van der Waals surface area contributed by atoms with Crippen molar-refractivity contribution in [3.63, 3.8) is 0 Å². The quantitative estimate of drug-likeness (QED) is 0.920. The van der Waals surface area contributed by atoms with Gasteiger partial charge in [0.15, 0.2) is 5.60 Å². The Labute approximate surface area is 120 Å². The molecule has 0 atom stereocenters. The lowest BCUT2D eigenvalue weighted by Crippen LogP contribution is -2.52. The summed E-state index contributed by atoms with van der Waals surface area (Å²) in [4.78, 5) is 14.4. The van der Waals surface area contributed by atoms with Gasteiger partial charge in [-0.2, -0.15) is 0 Å². The molecule has 1 heterocycles. The molecule has 0 radical (unpaired) electrons. The summed E-state index contributed by atoms with van der Waals surface area (Å²) in [6, 6.07) is 5.49. The van der Waals surface area contributed by atoms with E-state index in [0.717, 1.165) is 17.7 Å². The third kappa shape index (κ3) is 2.80. The van der Waals surface area contributed by atoms with E-state index in [0.29, 0.717) is 18.2 Å². The van der Waals surface area contributed by atoms with Crippen molar-refractivity contribution in [1.29, 1.82) is 0 Å². The highest BCUT2D eigenvalue weighted by Gasteiger charge is 2.40. The van der Waals surface area contributed by atoms with Crippen LogP contribution in [-0.4, -0.2) is 23.2 Å². The first-order valence-corrected chi connectivity index (χ1v) is 7.10. The Balaban J connectivity index is 2.40. The fourth-order valence-corrected chi connectivity index (χ4v) is 2.32. The molecule has 1 amide bonds. The first-order chi connectivity index (χ1) is 9.35. The molecule has 0 saturated heterocycles. The number of anilines is 1. The monoisotopic (exact) mass is 277 g/mol. The van der Waals surface area contributed by atoms with Crippen LogP contribution in [0.15, 0.2) is 18.2 Å². The Kier molecular flexibility index (Phi) is 4.04. The Bertz CT molecular complexity index is 508. The maximum Gasteiger partial charge on any atom is 0.270 e. The zero-order valence-electron chi connectivity index (χ0n) is 12.6. The zero-order valence-corrected chi connectivity index (χ0v) is 12.6. The highest BCUT2D eigenvalue weighted by molar-refractivity contribution is 6.02. The minimum Gasteiger partial charge on any atom is -0.476 e. The summed E-state index contributed by atoms with van der Waals surface area (Å²) in [5.41, 5.74) is 0.709. The van der Waals surface area contributed by atoms with Crippen molar-refractivity contribution in [2.24, 2.45) is 5.92 Å². The van der Waals surface area contributed by atoms with Gasteiger partial charge in [0, 0.05) is 6.54 Å². The Hall–Kier alpha value is -1.55. The number of aliphatic hydroxyl groups is 1. The van der Waals surface area contributed by atoms with Gasteiger partial charge in [0.2, 0.25) is 0 Å². The van der Waals surface area contributed by atoms with Gasteiger partial charge in [-0.1, -0.05) is 19.9 Å². The summed E-state index contributed by atoms with van der Waals surface area (Å²) in [7, 11) is 0. The predicted molar refractivity (Wildman–Crippen MR) is 78.9 cm³/mol. The zero-order chi connectivity index (χ0) is 14.9. The van der Waals surface area contributed by atoms with Crippen LogP contribution < -0.4 is 9.64 Å². The number of amides is 1. The first kappa shape index (κ1) is 14.9. The molecule has 1 aliphatic rings. The summed E-state index contributed by atoms with van der Waals surface area (Å²) in [5.74, 6) is 1.20. The second kappa shape index (κ2) is 5.44. The highest BCUT2D eigenvalue weighted by atomic mass is 16.5. The number of carbonyl (C=O) groups is 1. The standard InChI is InChI=1S/C16H23NO3/c1-11(2)7-8-17-13-9-12(10-18)5-6-14(13)20-16(3,4)15(17)19/h5-6,9,11,18H,7-8,10H2,1-4H3. The molecule has 0 bridgehead atoms. The van der Waals surface area contributed by atoms with Gasteiger partial charge in [0.25, 0.3) is 5.91 Å². The second-order valence-electron chi connectivity index (χ2n) is 6.21. The van der Waals surface area contributed by atoms with Crippen molar-refractivity contribution in [3.05, 3.63) is 23.8 Å². The lowest BCUT2D eigenvalue weighted by molar-refractivity contribution is -0.132. The normalized spacial score (nSPS) is 17.1. The SMILES string of the molecule is CC(C)CCN1C(=O)C(C)(C)Oc2ccc(CO)cc21. The molecule has 0 aliphatic carbocycles. The molecule has 2 rings (SSSR count). The number of benzene rings is 1. The van der Waals surface area contributed by atoms with E-state index in [2.05, 4.69) is 13.8 Å². The van der Waals surface area contributed by atoms with Crippen LogP contribution in [0.5, 0.6) is 5.75 Å². The van der Waals surface area contributed by atoms with Gasteiger partial charge in [-0.05, 0) is 43.9 Å². The third-order valence-corrected chi connectivity index (χ3v) is 3.55. The molecule has 0 spiro atoms. The second-order valence-corrected chi connectivity index (χ2v) is 6.21. The molecule has 0 unspecified atom stereocenters. The van der Waals surface area contributed by atoms with Crippen LogP contribution in [0.25, 0.3) is 0 Å². The summed E-state index contributed by atoms with van der Waals surface area (Å²) < 4.78 is 5.80. The average molecular weight is 277 g/mol. The molecule has 1 aliphatic heterocycles. The fourth-order valence-electron chi connectivity index (χ4n) is 2.32. The van der Waals surface area contributed by atoms with E-state index in [9.17, 15) is 9.90 Å². The van der Waals surface area contributed by atoms with E-state index < -0.39 is 5.60 Å². The van der Waals surface area contributed by atoms with Gasteiger partial charge in [-0.15, -0.1) is 0 Å². The summed E-state index contributed by atoms with van der Waals surface area (Å²) in [5, 5.41) is 9.27. The Morgan fingerprint density at radius 1 is 1.35 bits per heavy atom. The maximum absolute atomic E-state index is 12.6. The molecular formula is C16H23NO3. The van der Waals surface area contributed by atoms with Crippen LogP contribution in [0, 0.1) is 5.92 Å². The smallest absolute Gasteiger partial charge is 0.270 e. The first-order valence-electron chi connectivity index (χ1n) is 7.10. The minimum absolute atomic E-state index is 0.0271. The van der Waals surface area contributed by atoms with E-state index in [-0.39, 0.29) is 12.5 Å². The minimum atomic E-state index is -0.843. The van der Waals surface area contributed by atoms with Crippen molar-refractivity contribution in [3.8, 4) is 5.75 Å². The van der Waals surface area contributed by atoms with E-state index in [1.165, 1.54) is 0 Å². The topological polar surface area (TPSA) is 49.8 Å².